The fourth-order valence-electron chi connectivity index (χ4n) is 3.62. The maximum Gasteiger partial charge on any atom is 0.469 e. The molecule has 0 amide bonds. The van der Waals surface area contributed by atoms with E-state index >= 15 is 0 Å². The summed E-state index contributed by atoms with van der Waals surface area (Å²) in [5, 5.41) is 0. The summed E-state index contributed by atoms with van der Waals surface area (Å²) in [6, 6.07) is 0. The van der Waals surface area contributed by atoms with Crippen molar-refractivity contribution in [3.8, 4) is 0 Å². The lowest BCUT2D eigenvalue weighted by Crippen LogP contribution is -2.66. The third-order valence-electron chi connectivity index (χ3n) is 5.31. The fraction of sp³-hybridized carbons (Fsp3) is 0.722. The molecule has 0 unspecified atom stereocenters. The van der Waals surface area contributed by atoms with Crippen molar-refractivity contribution in [1.29, 1.82) is 0 Å². The molecule has 0 aliphatic carbocycles. The molecule has 2 rings (SSSR count). The minimum atomic E-state index is -4.91. The molecule has 0 radical (unpaired) electrons. The number of nitrogens with zero attached hydrogens (tertiary/aromatic N) is 2. The molecule has 11 heteroatoms. The first-order valence-corrected chi connectivity index (χ1v) is 10.7. The lowest BCUT2D eigenvalue weighted by atomic mass is 9.60. The number of phosphoric acid groups is 1. The quantitative estimate of drug-likeness (QED) is 0.320. The lowest BCUT2D eigenvalue weighted by molar-refractivity contribution is -0.191. The Balaban J connectivity index is 2.70. The van der Waals surface area contributed by atoms with E-state index in [-0.39, 0.29) is 17.4 Å². The number of aliphatic imine (C=N–C) groups is 2. The Kier molecular flexibility index (Phi) is 6.64. The van der Waals surface area contributed by atoms with Gasteiger partial charge in [0.25, 0.3) is 0 Å². The monoisotopic (exact) mass is 432 g/mol. The molecule has 0 saturated carbocycles. The van der Waals surface area contributed by atoms with Gasteiger partial charge in [-0.15, -0.1) is 0 Å². The van der Waals surface area contributed by atoms with Gasteiger partial charge in [0.1, 0.15) is 19.8 Å². The van der Waals surface area contributed by atoms with E-state index in [0.717, 1.165) is 0 Å². The highest BCUT2D eigenvalue weighted by atomic mass is 31.2. The van der Waals surface area contributed by atoms with Gasteiger partial charge in [0.05, 0.1) is 23.9 Å². The number of hydrogen-bond donors (Lipinski definition) is 2. The van der Waals surface area contributed by atoms with E-state index in [9.17, 15) is 19.1 Å². The number of carbonyl (C=O) groups is 1. The minimum absolute atomic E-state index is 0.112. The average molecular weight is 432 g/mol. The van der Waals surface area contributed by atoms with Crippen LogP contribution >= 0.6 is 7.82 Å². The van der Waals surface area contributed by atoms with Gasteiger partial charge in [-0.2, -0.15) is 0 Å². The molecule has 0 bridgehead atoms. The third-order valence-corrected chi connectivity index (χ3v) is 5.78. The maximum absolute atomic E-state index is 12.7. The number of carbonyl (C=O) groups excluding carboxylic acids is 1. The van der Waals surface area contributed by atoms with Gasteiger partial charge in [-0.3, -0.25) is 14.5 Å². The number of rotatable bonds is 9. The predicted octanol–water partition coefficient (Wildman–Crippen LogP) is 1.86. The van der Waals surface area contributed by atoms with Gasteiger partial charge in [-0.05, 0) is 34.6 Å². The molecule has 29 heavy (non-hydrogen) atoms. The average Bonchev–Trinajstić information content (AvgIpc) is 3.30. The Morgan fingerprint density at radius 2 is 1.55 bits per heavy atom. The van der Waals surface area contributed by atoms with E-state index in [1.54, 1.807) is 27.7 Å². The second-order valence-electron chi connectivity index (χ2n) is 8.08. The zero-order valence-corrected chi connectivity index (χ0v) is 18.3. The zero-order valence-electron chi connectivity index (χ0n) is 17.4. The van der Waals surface area contributed by atoms with Crippen molar-refractivity contribution >= 4 is 25.6 Å². The third kappa shape index (κ3) is 4.55. The number of ether oxygens (including phenoxy) is 3. The molecule has 2 N–H and O–H groups in total. The molecule has 0 aromatic heterocycles. The first-order chi connectivity index (χ1) is 13.2. The van der Waals surface area contributed by atoms with E-state index in [0.29, 0.717) is 26.3 Å². The molecule has 0 aromatic carbocycles. The van der Waals surface area contributed by atoms with E-state index in [1.165, 1.54) is 6.92 Å². The van der Waals surface area contributed by atoms with Crippen molar-refractivity contribution < 1.29 is 37.9 Å². The molecular formula is C18H29N2O8P. The summed E-state index contributed by atoms with van der Waals surface area (Å²) < 4.78 is 33.7. The molecule has 0 aromatic rings. The normalized spacial score (nSPS) is 17.9. The molecule has 10 nitrogen and oxygen atoms in total. The number of esters is 1. The van der Waals surface area contributed by atoms with Crippen LogP contribution in [0.25, 0.3) is 0 Å². The number of hydrogen-bond acceptors (Lipinski definition) is 8. The summed E-state index contributed by atoms with van der Waals surface area (Å²) >= 11 is 0. The molecule has 2 aliphatic heterocycles. The van der Waals surface area contributed by atoms with Crippen LogP contribution in [0.5, 0.6) is 0 Å². The predicted molar refractivity (Wildman–Crippen MR) is 106 cm³/mol. The summed E-state index contributed by atoms with van der Waals surface area (Å²) in [6.45, 7) is 12.8. The van der Waals surface area contributed by atoms with Gasteiger partial charge in [-0.1, -0.05) is 6.58 Å². The van der Waals surface area contributed by atoms with Crippen molar-refractivity contribution in [2.24, 2.45) is 20.8 Å². The highest BCUT2D eigenvalue weighted by molar-refractivity contribution is 7.46. The Morgan fingerprint density at radius 3 is 1.86 bits per heavy atom. The molecule has 2 aliphatic rings. The van der Waals surface area contributed by atoms with Crippen LogP contribution in [-0.4, -0.2) is 66.1 Å². The van der Waals surface area contributed by atoms with E-state index in [1.807, 2.05) is 0 Å². The van der Waals surface area contributed by atoms with Crippen molar-refractivity contribution in [1.82, 2.24) is 0 Å². The fourth-order valence-corrected chi connectivity index (χ4v) is 3.97. The highest BCUT2D eigenvalue weighted by Gasteiger charge is 2.65. The maximum atomic E-state index is 12.7. The molecule has 0 spiro atoms. The first kappa shape index (κ1) is 23.5. The summed E-state index contributed by atoms with van der Waals surface area (Å²) in [5.41, 5.74) is -3.92. The van der Waals surface area contributed by atoms with Crippen LogP contribution in [0.1, 0.15) is 34.6 Å². The molecular weight excluding hydrogens is 403 g/mol. The van der Waals surface area contributed by atoms with E-state index in [2.05, 4.69) is 16.6 Å². The molecule has 2 heterocycles. The zero-order chi connectivity index (χ0) is 22.1. The Hall–Kier alpha value is -1.74. The molecule has 0 fully saturated rings. The van der Waals surface area contributed by atoms with Crippen molar-refractivity contribution in [3.05, 3.63) is 12.2 Å². The Labute approximate surface area is 170 Å². The van der Waals surface area contributed by atoms with Crippen LogP contribution in [0.3, 0.4) is 0 Å². The van der Waals surface area contributed by atoms with Gasteiger partial charge in [0, 0.05) is 5.57 Å². The molecule has 164 valence electrons. The summed E-state index contributed by atoms with van der Waals surface area (Å²) in [5.74, 6) is -0.182. The van der Waals surface area contributed by atoms with Gasteiger partial charge < -0.3 is 24.0 Å². The Morgan fingerprint density at radius 1 is 1.10 bits per heavy atom. The van der Waals surface area contributed by atoms with Crippen molar-refractivity contribution in [3.63, 3.8) is 0 Å². The van der Waals surface area contributed by atoms with E-state index < -0.39 is 36.8 Å². The first-order valence-electron chi connectivity index (χ1n) is 9.19. The van der Waals surface area contributed by atoms with Gasteiger partial charge in [0.2, 0.25) is 0 Å². The molecule has 0 atom stereocenters. The van der Waals surface area contributed by atoms with Gasteiger partial charge >= 0.3 is 13.8 Å². The second kappa shape index (κ2) is 8.18. The van der Waals surface area contributed by atoms with Crippen LogP contribution in [0.15, 0.2) is 22.1 Å². The summed E-state index contributed by atoms with van der Waals surface area (Å²) in [4.78, 5) is 40.2. The SMILES string of the molecule is C=C(C)C(=O)OC(COP(=O)(O)O)(C(C)(C)C1=NCCO1)C(C)(C)C1=NCCO1. The van der Waals surface area contributed by atoms with Gasteiger partial charge in [0.15, 0.2) is 17.4 Å². The summed E-state index contributed by atoms with van der Waals surface area (Å²) in [6.07, 6.45) is 0. The number of phosphoric ester groups is 1. The van der Waals surface area contributed by atoms with Crippen LogP contribution in [0.4, 0.5) is 0 Å². The molecule has 0 saturated heterocycles. The topological polar surface area (TPSA) is 136 Å². The standard InChI is InChI=1S/C18H29N2O8P/c1-12(2)13(21)28-18(11-27-29(22,23)24,16(3,4)14-19-7-9-25-14)17(5,6)15-20-8-10-26-15/h1,7-11H2,2-6H3,(H2,22,23,24). The van der Waals surface area contributed by atoms with Crippen LogP contribution in [-0.2, 0) is 28.1 Å². The summed E-state index contributed by atoms with van der Waals surface area (Å²) in [7, 11) is -4.91. The largest absolute Gasteiger partial charge is 0.479 e. The van der Waals surface area contributed by atoms with Crippen LogP contribution < -0.4 is 0 Å². The lowest BCUT2D eigenvalue weighted by Gasteiger charge is -2.52. The second-order valence-corrected chi connectivity index (χ2v) is 9.32. The minimum Gasteiger partial charge on any atom is -0.479 e. The van der Waals surface area contributed by atoms with Crippen molar-refractivity contribution in [2.45, 2.75) is 40.2 Å². The van der Waals surface area contributed by atoms with E-state index in [4.69, 9.17) is 18.7 Å². The smallest absolute Gasteiger partial charge is 0.469 e. The van der Waals surface area contributed by atoms with Crippen LogP contribution in [0.2, 0.25) is 0 Å². The highest BCUT2D eigenvalue weighted by Crippen LogP contribution is 2.53. The Bertz CT molecular complexity index is 745. The van der Waals surface area contributed by atoms with Crippen molar-refractivity contribution in [2.75, 3.05) is 32.9 Å². The van der Waals surface area contributed by atoms with Gasteiger partial charge in [-0.25, -0.2) is 9.36 Å². The van der Waals surface area contributed by atoms with Crippen LogP contribution in [0, 0.1) is 10.8 Å².